The maximum Gasteiger partial charge on any atom is 0.325 e. The minimum Gasteiger partial charge on any atom is -0.381 e. The molecule has 1 unspecified atom stereocenters. The molecule has 2 fully saturated rings. The van der Waals surface area contributed by atoms with Gasteiger partial charge in [-0.3, -0.25) is 9.78 Å². The number of nitrogens with zero attached hydrogens (tertiary/aromatic N) is 5. The Bertz CT molecular complexity index is 1060. The second-order valence-electron chi connectivity index (χ2n) is 6.43. The lowest BCUT2D eigenvalue weighted by Crippen LogP contribution is -2.25. The molecule has 0 aliphatic carbocycles. The lowest BCUT2D eigenvalue weighted by molar-refractivity contribution is 0.177. The summed E-state index contributed by atoms with van der Waals surface area (Å²) in [5.74, 6) is 1.87. The average Bonchev–Trinajstić information content (AvgIpc) is 3.28. The van der Waals surface area contributed by atoms with Gasteiger partial charge < -0.3 is 14.6 Å². The first-order valence-electron chi connectivity index (χ1n) is 8.04. The maximum absolute atomic E-state index is 12.0. The van der Waals surface area contributed by atoms with Crippen LogP contribution in [0, 0.1) is 11.8 Å². The zero-order valence-electron chi connectivity index (χ0n) is 13.2. The lowest BCUT2D eigenvalue weighted by atomic mass is 10.0. The van der Waals surface area contributed by atoms with E-state index in [0.717, 1.165) is 37.5 Å². The summed E-state index contributed by atoms with van der Waals surface area (Å²) in [6.07, 6.45) is 4.53. The second kappa shape index (κ2) is 5.24. The van der Waals surface area contributed by atoms with Crippen molar-refractivity contribution in [2.45, 2.75) is 0 Å². The smallest absolute Gasteiger partial charge is 0.325 e. The minimum atomic E-state index is -0.559. The van der Waals surface area contributed by atoms with Crippen LogP contribution in [0.5, 0.6) is 0 Å². The molecule has 0 radical (unpaired) electrons. The third-order valence-electron chi connectivity index (χ3n) is 4.88. The average molecular weight is 341 g/mol. The van der Waals surface area contributed by atoms with E-state index in [9.17, 15) is 9.59 Å². The van der Waals surface area contributed by atoms with Crippen LogP contribution in [0.2, 0.25) is 0 Å². The van der Waals surface area contributed by atoms with E-state index >= 15 is 0 Å². The number of aromatic nitrogens is 6. The zero-order valence-corrected chi connectivity index (χ0v) is 13.2. The van der Waals surface area contributed by atoms with Gasteiger partial charge in [0, 0.05) is 37.3 Å². The Kier molecular flexibility index (Phi) is 3.01. The fraction of sp³-hybridized carbons (Fsp3) is 0.400. The highest BCUT2D eigenvalue weighted by atomic mass is 16.5. The van der Waals surface area contributed by atoms with Gasteiger partial charge in [0.15, 0.2) is 5.65 Å². The molecule has 10 nitrogen and oxygen atoms in total. The van der Waals surface area contributed by atoms with Crippen LogP contribution >= 0.6 is 0 Å². The summed E-state index contributed by atoms with van der Waals surface area (Å²) in [7, 11) is 0. The largest absolute Gasteiger partial charge is 0.381 e. The Morgan fingerprint density at radius 2 is 1.96 bits per heavy atom. The second-order valence-corrected chi connectivity index (χ2v) is 6.43. The van der Waals surface area contributed by atoms with Crippen molar-refractivity contribution in [3.05, 3.63) is 39.6 Å². The van der Waals surface area contributed by atoms with Gasteiger partial charge >= 0.3 is 5.69 Å². The molecule has 0 spiro atoms. The molecule has 5 rings (SSSR count). The van der Waals surface area contributed by atoms with Crippen LogP contribution in [-0.4, -0.2) is 56.0 Å². The van der Waals surface area contributed by atoms with Gasteiger partial charge in [0.1, 0.15) is 17.8 Å². The van der Waals surface area contributed by atoms with Crippen molar-refractivity contribution >= 4 is 16.9 Å². The van der Waals surface area contributed by atoms with E-state index in [1.54, 1.807) is 6.20 Å². The van der Waals surface area contributed by atoms with E-state index < -0.39 is 11.2 Å². The molecule has 128 valence electrons. The van der Waals surface area contributed by atoms with Gasteiger partial charge in [-0.25, -0.2) is 19.4 Å². The quantitative estimate of drug-likeness (QED) is 0.630. The molecule has 2 atom stereocenters. The molecule has 25 heavy (non-hydrogen) atoms. The molecule has 0 bridgehead atoms. The molecule has 0 aromatic carbocycles. The van der Waals surface area contributed by atoms with Gasteiger partial charge in [-0.2, -0.15) is 0 Å². The van der Waals surface area contributed by atoms with Crippen LogP contribution in [0.25, 0.3) is 16.7 Å². The van der Waals surface area contributed by atoms with E-state index in [2.05, 4.69) is 29.9 Å². The molecule has 5 heterocycles. The van der Waals surface area contributed by atoms with E-state index in [0.29, 0.717) is 17.5 Å². The van der Waals surface area contributed by atoms with Crippen LogP contribution in [0.1, 0.15) is 0 Å². The molecule has 2 aliphatic rings. The summed E-state index contributed by atoms with van der Waals surface area (Å²) in [6, 6.07) is 0. The van der Waals surface area contributed by atoms with Crippen LogP contribution < -0.4 is 16.1 Å². The van der Waals surface area contributed by atoms with Gasteiger partial charge in [0.25, 0.3) is 5.56 Å². The predicted molar refractivity (Wildman–Crippen MR) is 87.9 cm³/mol. The van der Waals surface area contributed by atoms with Crippen LogP contribution in [0.3, 0.4) is 0 Å². The predicted octanol–water partition coefficient (Wildman–Crippen LogP) is -0.725. The summed E-state index contributed by atoms with van der Waals surface area (Å²) in [6.45, 7) is 3.37. The van der Waals surface area contributed by atoms with E-state index in [-0.39, 0.29) is 5.69 Å². The van der Waals surface area contributed by atoms with Gasteiger partial charge in [0.2, 0.25) is 0 Å². The van der Waals surface area contributed by atoms with Gasteiger partial charge in [-0.05, 0) is 0 Å². The van der Waals surface area contributed by atoms with Gasteiger partial charge in [0.05, 0.1) is 18.6 Å². The van der Waals surface area contributed by atoms with Crippen LogP contribution in [-0.2, 0) is 4.74 Å². The van der Waals surface area contributed by atoms with E-state index in [1.165, 1.54) is 17.2 Å². The van der Waals surface area contributed by atoms with Crippen molar-refractivity contribution in [3.8, 4) is 5.69 Å². The summed E-state index contributed by atoms with van der Waals surface area (Å²) in [5.41, 5.74) is -0.352. The number of ether oxygens (including phenoxy) is 1. The summed E-state index contributed by atoms with van der Waals surface area (Å²) in [5, 5.41) is 5.12. The highest BCUT2D eigenvalue weighted by Crippen LogP contribution is 2.34. The molecule has 2 saturated heterocycles. The lowest BCUT2D eigenvalue weighted by Gasteiger charge is -2.18. The van der Waals surface area contributed by atoms with Crippen LogP contribution in [0.15, 0.2) is 28.3 Å². The highest BCUT2D eigenvalue weighted by Gasteiger charge is 2.38. The van der Waals surface area contributed by atoms with Crippen molar-refractivity contribution in [1.29, 1.82) is 0 Å². The molecule has 3 aromatic rings. The minimum absolute atomic E-state index is 0.218. The molecule has 3 aromatic heterocycles. The zero-order chi connectivity index (χ0) is 17.0. The SMILES string of the molecule is O=c1[nH]cc(-n2cc3c(N4CC5COC[C@H]5C4)ncnc3n2)c(=O)[nH]1. The number of hydrogen-bond donors (Lipinski definition) is 2. The molecule has 2 N–H and O–H groups in total. The summed E-state index contributed by atoms with van der Waals surface area (Å²) in [4.78, 5) is 38.7. The van der Waals surface area contributed by atoms with E-state index in [1.807, 2.05) is 0 Å². The summed E-state index contributed by atoms with van der Waals surface area (Å²) >= 11 is 0. The third kappa shape index (κ3) is 2.25. The normalized spacial score (nSPS) is 22.6. The number of rotatable bonds is 2. The molecule has 10 heteroatoms. The molecule has 2 aliphatic heterocycles. The number of anilines is 1. The first kappa shape index (κ1) is 14.3. The molecule has 0 saturated carbocycles. The number of H-pyrrole nitrogens is 2. The fourth-order valence-corrected chi connectivity index (χ4v) is 3.63. The Morgan fingerprint density at radius 3 is 2.72 bits per heavy atom. The van der Waals surface area contributed by atoms with Crippen molar-refractivity contribution in [2.75, 3.05) is 31.2 Å². The summed E-state index contributed by atoms with van der Waals surface area (Å²) < 4.78 is 6.94. The fourth-order valence-electron chi connectivity index (χ4n) is 3.63. The Balaban J connectivity index is 1.59. The van der Waals surface area contributed by atoms with Crippen molar-refractivity contribution in [3.63, 3.8) is 0 Å². The molecular weight excluding hydrogens is 326 g/mol. The number of nitrogens with one attached hydrogen (secondary N) is 2. The first-order valence-corrected chi connectivity index (χ1v) is 8.04. The highest BCUT2D eigenvalue weighted by molar-refractivity contribution is 5.86. The first-order chi connectivity index (χ1) is 12.2. The topological polar surface area (TPSA) is 122 Å². The maximum atomic E-state index is 12.0. The third-order valence-corrected chi connectivity index (χ3v) is 4.88. The number of aromatic amines is 2. The monoisotopic (exact) mass is 341 g/mol. The van der Waals surface area contributed by atoms with Crippen molar-refractivity contribution in [2.24, 2.45) is 11.8 Å². The molecular formula is C15H15N7O3. The Labute approximate surface area is 140 Å². The van der Waals surface area contributed by atoms with Gasteiger partial charge in [-0.15, -0.1) is 5.10 Å². The number of hydrogen-bond acceptors (Lipinski definition) is 7. The standard InChI is InChI=1S/C15H15N7O3/c23-14-11(1-16-15(24)19-14)22-4-10-12(20-22)17-7-18-13(10)21-2-8-5-25-6-9(8)3-21/h1,4,7-9H,2-3,5-6H2,(H2,16,19,23,24)/t8-,9?/m1/s1. The molecule has 0 amide bonds. The van der Waals surface area contributed by atoms with Crippen LogP contribution in [0.4, 0.5) is 5.82 Å². The Hall–Kier alpha value is -3.01. The van der Waals surface area contributed by atoms with Gasteiger partial charge in [-0.1, -0.05) is 0 Å². The Morgan fingerprint density at radius 1 is 1.16 bits per heavy atom. The number of fused-ring (bicyclic) bond motifs is 2. The van der Waals surface area contributed by atoms with Crippen molar-refractivity contribution in [1.82, 2.24) is 29.7 Å². The van der Waals surface area contributed by atoms with Crippen molar-refractivity contribution < 1.29 is 4.74 Å². The van der Waals surface area contributed by atoms with E-state index in [4.69, 9.17) is 4.74 Å².